The largest absolute Gasteiger partial charge is 0.394 e. The van der Waals surface area contributed by atoms with Gasteiger partial charge in [0.25, 0.3) is 0 Å². The van der Waals surface area contributed by atoms with Crippen LogP contribution in [0.25, 0.3) is 0 Å². The normalized spacial score (nSPS) is 23.6. The van der Waals surface area contributed by atoms with Gasteiger partial charge in [-0.05, 0) is 12.8 Å². The topological polar surface area (TPSA) is 90.9 Å². The van der Waals surface area contributed by atoms with E-state index in [1.54, 1.807) is 0 Å². The number of imide groups is 1. The zero-order valence-corrected chi connectivity index (χ0v) is 12.4. The first kappa shape index (κ1) is 16.9. The number of hydrogen-bond acceptors (Lipinski definition) is 5. The second-order valence-electron chi connectivity index (χ2n) is 5.60. The molecule has 7 nitrogen and oxygen atoms in total. The van der Waals surface area contributed by atoms with Gasteiger partial charge in [0.2, 0.25) is 5.91 Å². The van der Waals surface area contributed by atoms with Crippen molar-refractivity contribution in [3.8, 4) is 0 Å². The van der Waals surface area contributed by atoms with Gasteiger partial charge in [-0.3, -0.25) is 15.0 Å². The van der Waals surface area contributed by atoms with E-state index in [4.69, 9.17) is 9.84 Å². The van der Waals surface area contributed by atoms with Crippen LogP contribution in [0.2, 0.25) is 0 Å². The highest BCUT2D eigenvalue weighted by molar-refractivity contribution is 5.95. The van der Waals surface area contributed by atoms with Crippen molar-refractivity contribution in [3.05, 3.63) is 0 Å². The predicted octanol–water partition coefficient (Wildman–Crippen LogP) is -0.450. The highest BCUT2D eigenvalue weighted by Gasteiger charge is 2.26. The molecule has 0 aromatic carbocycles. The second-order valence-corrected chi connectivity index (χ2v) is 5.60. The summed E-state index contributed by atoms with van der Waals surface area (Å²) >= 11 is 0. The first-order valence-corrected chi connectivity index (χ1v) is 6.97. The van der Waals surface area contributed by atoms with Crippen LogP contribution in [0.1, 0.15) is 20.8 Å². The van der Waals surface area contributed by atoms with Gasteiger partial charge >= 0.3 is 6.03 Å². The number of carbonyl (C=O) groups excluding carboxylic acids is 2. The molecule has 0 aromatic heterocycles. The van der Waals surface area contributed by atoms with Crippen LogP contribution in [-0.4, -0.2) is 66.9 Å². The van der Waals surface area contributed by atoms with E-state index in [-0.39, 0.29) is 31.3 Å². The third-order valence-electron chi connectivity index (χ3n) is 2.90. The average Bonchev–Trinajstić information content (AvgIpc) is 2.35. The Morgan fingerprint density at radius 1 is 1.40 bits per heavy atom. The van der Waals surface area contributed by atoms with Crippen molar-refractivity contribution in [2.24, 2.45) is 5.92 Å². The van der Waals surface area contributed by atoms with E-state index in [2.05, 4.69) is 10.6 Å². The zero-order chi connectivity index (χ0) is 15.1. The quantitative estimate of drug-likeness (QED) is 0.637. The predicted molar refractivity (Wildman–Crippen MR) is 74.2 cm³/mol. The minimum atomic E-state index is -0.469. The first-order valence-electron chi connectivity index (χ1n) is 6.97. The third-order valence-corrected chi connectivity index (χ3v) is 2.90. The molecule has 3 amide bonds. The lowest BCUT2D eigenvalue weighted by Gasteiger charge is -2.35. The number of rotatable bonds is 5. The lowest BCUT2D eigenvalue weighted by atomic mass is 10.2. The lowest BCUT2D eigenvalue weighted by Crippen LogP contribution is -2.52. The number of morpholine rings is 1. The molecule has 1 saturated heterocycles. The Kier molecular flexibility index (Phi) is 6.90. The molecule has 0 spiro atoms. The van der Waals surface area contributed by atoms with Crippen LogP contribution in [0, 0.1) is 5.92 Å². The number of aliphatic hydroxyl groups is 1. The van der Waals surface area contributed by atoms with Crippen molar-refractivity contribution < 1.29 is 19.4 Å². The van der Waals surface area contributed by atoms with Crippen molar-refractivity contribution in [2.45, 2.75) is 33.0 Å². The van der Waals surface area contributed by atoms with E-state index in [1.807, 2.05) is 25.7 Å². The molecule has 0 aromatic rings. The van der Waals surface area contributed by atoms with E-state index in [0.717, 1.165) is 0 Å². The van der Waals surface area contributed by atoms with Gasteiger partial charge in [-0.2, -0.15) is 0 Å². The molecule has 0 bridgehead atoms. The fraction of sp³-hybridized carbons (Fsp3) is 0.846. The van der Waals surface area contributed by atoms with Gasteiger partial charge in [-0.1, -0.05) is 13.8 Å². The van der Waals surface area contributed by atoms with Gasteiger partial charge in [-0.15, -0.1) is 0 Å². The summed E-state index contributed by atoms with van der Waals surface area (Å²) in [6, 6.07) is -0.469. The van der Waals surface area contributed by atoms with Gasteiger partial charge in [0.15, 0.2) is 0 Å². The molecule has 0 aliphatic carbocycles. The summed E-state index contributed by atoms with van der Waals surface area (Å²) in [5.41, 5.74) is 0. The minimum Gasteiger partial charge on any atom is -0.394 e. The Labute approximate surface area is 119 Å². The number of ether oxygens (including phenoxy) is 1. The molecule has 2 unspecified atom stereocenters. The number of hydrogen-bond donors (Lipinski definition) is 3. The van der Waals surface area contributed by atoms with E-state index < -0.39 is 6.03 Å². The SMILES string of the molecule is CC(C)CNC(=O)NC(=O)CN1CC(C)OC(CO)C1. The van der Waals surface area contributed by atoms with Crippen LogP contribution in [0.5, 0.6) is 0 Å². The van der Waals surface area contributed by atoms with Gasteiger partial charge in [0.05, 0.1) is 25.4 Å². The number of amides is 3. The highest BCUT2D eigenvalue weighted by Crippen LogP contribution is 2.10. The molecule has 1 aliphatic heterocycles. The Morgan fingerprint density at radius 2 is 2.10 bits per heavy atom. The average molecular weight is 287 g/mol. The maximum absolute atomic E-state index is 11.8. The Bertz CT molecular complexity index is 336. The van der Waals surface area contributed by atoms with Gasteiger partial charge in [0, 0.05) is 19.6 Å². The summed E-state index contributed by atoms with van der Waals surface area (Å²) in [5, 5.41) is 14.0. The zero-order valence-electron chi connectivity index (χ0n) is 12.4. The van der Waals surface area contributed by atoms with Crippen molar-refractivity contribution in [2.75, 3.05) is 32.8 Å². The molecular formula is C13H25N3O4. The van der Waals surface area contributed by atoms with Crippen molar-refractivity contribution in [1.29, 1.82) is 0 Å². The van der Waals surface area contributed by atoms with Crippen LogP contribution in [-0.2, 0) is 9.53 Å². The molecule has 0 radical (unpaired) electrons. The Hall–Kier alpha value is -1.18. The fourth-order valence-electron chi connectivity index (χ4n) is 2.08. The molecular weight excluding hydrogens is 262 g/mol. The highest BCUT2D eigenvalue weighted by atomic mass is 16.5. The van der Waals surface area contributed by atoms with E-state index in [9.17, 15) is 9.59 Å². The van der Waals surface area contributed by atoms with Crippen LogP contribution < -0.4 is 10.6 Å². The summed E-state index contributed by atoms with van der Waals surface area (Å²) < 4.78 is 5.49. The van der Waals surface area contributed by atoms with Gasteiger partial charge in [-0.25, -0.2) is 4.79 Å². The molecule has 7 heteroatoms. The van der Waals surface area contributed by atoms with Crippen molar-refractivity contribution in [1.82, 2.24) is 15.5 Å². The summed E-state index contributed by atoms with van der Waals surface area (Å²) in [7, 11) is 0. The van der Waals surface area contributed by atoms with Gasteiger partial charge in [0.1, 0.15) is 0 Å². The molecule has 1 aliphatic rings. The van der Waals surface area contributed by atoms with Crippen LogP contribution in [0.3, 0.4) is 0 Å². The molecule has 0 saturated carbocycles. The van der Waals surface area contributed by atoms with Crippen molar-refractivity contribution in [3.63, 3.8) is 0 Å². The van der Waals surface area contributed by atoms with Crippen LogP contribution in [0.15, 0.2) is 0 Å². The number of carbonyl (C=O) groups is 2. The number of urea groups is 1. The summed E-state index contributed by atoms with van der Waals surface area (Å²) in [4.78, 5) is 25.1. The molecule has 1 rings (SSSR count). The molecule has 116 valence electrons. The minimum absolute atomic E-state index is 0.0385. The third kappa shape index (κ3) is 6.31. The summed E-state index contributed by atoms with van der Waals surface area (Å²) in [5.74, 6) is -0.0155. The lowest BCUT2D eigenvalue weighted by molar-refractivity contribution is -0.127. The molecule has 1 fully saturated rings. The Morgan fingerprint density at radius 3 is 2.70 bits per heavy atom. The molecule has 3 N–H and O–H groups in total. The van der Waals surface area contributed by atoms with Crippen LogP contribution in [0.4, 0.5) is 4.79 Å². The second kappa shape index (κ2) is 8.18. The number of nitrogens with zero attached hydrogens (tertiary/aromatic N) is 1. The van der Waals surface area contributed by atoms with E-state index in [1.165, 1.54) is 0 Å². The fourth-order valence-corrected chi connectivity index (χ4v) is 2.08. The van der Waals surface area contributed by atoms with Crippen molar-refractivity contribution >= 4 is 11.9 Å². The summed E-state index contributed by atoms with van der Waals surface area (Å²) in [6.45, 7) is 7.52. The molecule has 20 heavy (non-hydrogen) atoms. The van der Waals surface area contributed by atoms with Crippen LogP contribution >= 0.6 is 0 Å². The van der Waals surface area contributed by atoms with Gasteiger partial charge < -0.3 is 15.2 Å². The maximum Gasteiger partial charge on any atom is 0.321 e. The first-order chi connectivity index (χ1) is 9.40. The monoisotopic (exact) mass is 287 g/mol. The standard InChI is InChI=1S/C13H25N3O4/c1-9(2)4-14-13(19)15-12(18)7-16-5-10(3)20-11(6-16)8-17/h9-11,17H,4-8H2,1-3H3,(H2,14,15,18,19). The number of aliphatic hydroxyl groups excluding tert-OH is 1. The van der Waals surface area contributed by atoms with E-state index >= 15 is 0 Å². The molecule has 1 heterocycles. The maximum atomic E-state index is 11.8. The van der Waals surface area contributed by atoms with E-state index in [0.29, 0.717) is 25.6 Å². The number of nitrogens with one attached hydrogen (secondary N) is 2. The molecule has 2 atom stereocenters. The summed E-state index contributed by atoms with van der Waals surface area (Å²) in [6.07, 6.45) is -0.315. The Balaban J connectivity index is 2.32. The smallest absolute Gasteiger partial charge is 0.321 e.